The van der Waals surface area contributed by atoms with Gasteiger partial charge >= 0.3 is 19.8 Å². The van der Waals surface area contributed by atoms with Crippen molar-refractivity contribution in [1.29, 1.82) is 0 Å². The highest BCUT2D eigenvalue weighted by molar-refractivity contribution is 7.47. The van der Waals surface area contributed by atoms with Crippen LogP contribution in [0.15, 0.2) is 97.2 Å². The number of unbranched alkanes of at least 4 members (excludes halogenated alkanes) is 21. The molecule has 0 amide bonds. The van der Waals surface area contributed by atoms with Gasteiger partial charge in [0.05, 0.1) is 13.2 Å². The zero-order chi connectivity index (χ0) is 49.5. The number of ether oxygens (including phenoxy) is 2. The third-order valence-electron chi connectivity index (χ3n) is 11.2. The van der Waals surface area contributed by atoms with Crippen LogP contribution < -0.4 is 5.73 Å². The van der Waals surface area contributed by atoms with Crippen LogP contribution in [0.25, 0.3) is 0 Å². The van der Waals surface area contributed by atoms with Gasteiger partial charge in [0.2, 0.25) is 0 Å². The quantitative estimate of drug-likeness (QED) is 0.0264. The van der Waals surface area contributed by atoms with Crippen LogP contribution in [-0.2, 0) is 32.7 Å². The van der Waals surface area contributed by atoms with E-state index in [1.54, 1.807) is 0 Å². The lowest BCUT2D eigenvalue weighted by Gasteiger charge is -2.19. The van der Waals surface area contributed by atoms with E-state index < -0.39 is 32.5 Å². The van der Waals surface area contributed by atoms with E-state index in [0.717, 1.165) is 103 Å². The minimum atomic E-state index is -4.37. The number of hydrogen-bond acceptors (Lipinski definition) is 8. The molecular formula is C58H100NO8P. The number of carbonyl (C=O) groups is 2. The van der Waals surface area contributed by atoms with E-state index in [-0.39, 0.29) is 32.6 Å². The number of allylic oxidation sites excluding steroid dienone is 16. The van der Waals surface area contributed by atoms with Crippen molar-refractivity contribution >= 4 is 19.8 Å². The lowest BCUT2D eigenvalue weighted by molar-refractivity contribution is -0.161. The van der Waals surface area contributed by atoms with Crippen LogP contribution in [-0.4, -0.2) is 49.3 Å². The minimum absolute atomic E-state index is 0.0519. The van der Waals surface area contributed by atoms with Gasteiger partial charge in [0, 0.05) is 19.4 Å². The van der Waals surface area contributed by atoms with Crippen LogP contribution in [0.4, 0.5) is 0 Å². The van der Waals surface area contributed by atoms with Crippen molar-refractivity contribution in [1.82, 2.24) is 0 Å². The van der Waals surface area contributed by atoms with Gasteiger partial charge in [0.15, 0.2) is 6.10 Å². The molecule has 0 aromatic carbocycles. The molecular weight excluding hydrogens is 870 g/mol. The first-order valence-corrected chi connectivity index (χ1v) is 28.7. The van der Waals surface area contributed by atoms with Crippen LogP contribution in [0.3, 0.4) is 0 Å². The summed E-state index contributed by atoms with van der Waals surface area (Å²) >= 11 is 0. The van der Waals surface area contributed by atoms with E-state index >= 15 is 0 Å². The highest BCUT2D eigenvalue weighted by atomic mass is 31.2. The van der Waals surface area contributed by atoms with Gasteiger partial charge in [-0.3, -0.25) is 18.6 Å². The van der Waals surface area contributed by atoms with Crippen LogP contribution in [0, 0.1) is 0 Å². The fourth-order valence-electron chi connectivity index (χ4n) is 7.24. The second-order valence-corrected chi connectivity index (χ2v) is 19.2. The Morgan fingerprint density at radius 3 is 1.21 bits per heavy atom. The van der Waals surface area contributed by atoms with Gasteiger partial charge in [0.1, 0.15) is 6.61 Å². The van der Waals surface area contributed by atoms with Gasteiger partial charge in [-0.2, -0.15) is 0 Å². The zero-order valence-electron chi connectivity index (χ0n) is 43.3. The first-order valence-electron chi connectivity index (χ1n) is 27.2. The van der Waals surface area contributed by atoms with E-state index in [0.29, 0.717) is 6.42 Å². The average Bonchev–Trinajstić information content (AvgIpc) is 3.33. The number of phosphoric acid groups is 1. The molecule has 0 radical (unpaired) electrons. The standard InChI is InChI=1S/C58H100NO8P/c1-3-5-7-9-11-12-13-14-15-16-17-18-19-20-21-22-23-24-25-26-27-28-29-30-31-32-33-34-35-36-37-38-39-40-41-42-43-44-45-47-49-51-58(61)67-56(55-66-68(62,63)65-53-52-59)54-64-57(60)50-48-46-10-8-6-4-2/h5,7,11-12,14-15,17-18,20-21,23-24,26-27,29-30,56H,3-4,6,8-10,13,16,19,22,25,28,31-55,59H2,1-2H3,(H,62,63)/b7-5-,12-11-,15-14-,18-17-,21-20-,24-23-,27-26-,30-29-. The summed E-state index contributed by atoms with van der Waals surface area (Å²) in [6, 6.07) is 0. The Labute approximate surface area is 416 Å². The van der Waals surface area contributed by atoms with Crippen molar-refractivity contribution in [3.05, 3.63) is 97.2 Å². The van der Waals surface area contributed by atoms with Crippen LogP contribution in [0.1, 0.15) is 226 Å². The first-order chi connectivity index (χ1) is 33.3. The summed E-state index contributed by atoms with van der Waals surface area (Å²) in [6.07, 6.45) is 70.9. The highest BCUT2D eigenvalue weighted by Crippen LogP contribution is 2.43. The van der Waals surface area contributed by atoms with E-state index in [4.69, 9.17) is 24.3 Å². The third kappa shape index (κ3) is 52.3. The molecule has 0 aliphatic heterocycles. The number of nitrogens with two attached hydrogens (primary N) is 1. The SMILES string of the molecule is CC/C=C\C/C=C\C/C=C\C/C=C\C/C=C\C/C=C\C/C=C\C/C=C\CCCCCCCCCCCCCCCCCCC(=O)OC(COC(=O)CCCCCCCC)COP(=O)(O)OCCN. The summed E-state index contributed by atoms with van der Waals surface area (Å²) in [5, 5.41) is 0. The summed E-state index contributed by atoms with van der Waals surface area (Å²) in [5.74, 6) is -0.838. The molecule has 0 saturated carbocycles. The van der Waals surface area contributed by atoms with Crippen molar-refractivity contribution in [2.24, 2.45) is 5.73 Å². The van der Waals surface area contributed by atoms with Gasteiger partial charge in [-0.25, -0.2) is 4.57 Å². The van der Waals surface area contributed by atoms with Gasteiger partial charge in [-0.15, -0.1) is 0 Å². The molecule has 0 fully saturated rings. The van der Waals surface area contributed by atoms with Crippen molar-refractivity contribution in [2.45, 2.75) is 232 Å². The maximum absolute atomic E-state index is 12.6. The lowest BCUT2D eigenvalue weighted by Crippen LogP contribution is -2.29. The molecule has 3 N–H and O–H groups in total. The third-order valence-corrected chi connectivity index (χ3v) is 12.2. The Balaban J connectivity index is 3.76. The topological polar surface area (TPSA) is 134 Å². The molecule has 0 saturated heterocycles. The highest BCUT2D eigenvalue weighted by Gasteiger charge is 2.26. The van der Waals surface area contributed by atoms with E-state index in [1.165, 1.54) is 89.9 Å². The monoisotopic (exact) mass is 970 g/mol. The molecule has 0 aromatic heterocycles. The molecule has 390 valence electrons. The molecule has 0 aliphatic carbocycles. The first kappa shape index (κ1) is 64.9. The Morgan fingerprint density at radius 1 is 0.456 bits per heavy atom. The van der Waals surface area contributed by atoms with Crippen LogP contribution in [0.5, 0.6) is 0 Å². The Hall–Kier alpha value is -3.07. The second-order valence-electron chi connectivity index (χ2n) is 17.7. The van der Waals surface area contributed by atoms with Crippen molar-refractivity contribution in [3.8, 4) is 0 Å². The normalized spacial score (nSPS) is 13.9. The molecule has 0 spiro atoms. The fourth-order valence-corrected chi connectivity index (χ4v) is 8.00. The Bertz CT molecular complexity index is 1430. The summed E-state index contributed by atoms with van der Waals surface area (Å²) in [6.45, 7) is 3.54. The van der Waals surface area contributed by atoms with E-state index in [1.807, 2.05) is 0 Å². The number of rotatable bonds is 50. The second kappa shape index (κ2) is 53.3. The number of carbonyl (C=O) groups excluding carboxylic acids is 2. The van der Waals surface area contributed by atoms with Gasteiger partial charge in [-0.1, -0.05) is 233 Å². The smallest absolute Gasteiger partial charge is 0.462 e. The molecule has 0 bridgehead atoms. The molecule has 2 unspecified atom stereocenters. The fraction of sp³-hybridized carbons (Fsp3) is 0.690. The Morgan fingerprint density at radius 2 is 0.809 bits per heavy atom. The number of esters is 2. The molecule has 9 nitrogen and oxygen atoms in total. The van der Waals surface area contributed by atoms with Crippen molar-refractivity contribution < 1.29 is 37.6 Å². The molecule has 0 rings (SSSR count). The molecule has 10 heteroatoms. The summed E-state index contributed by atoms with van der Waals surface area (Å²) in [4.78, 5) is 34.7. The molecule has 68 heavy (non-hydrogen) atoms. The maximum Gasteiger partial charge on any atom is 0.472 e. The van der Waals surface area contributed by atoms with Gasteiger partial charge < -0.3 is 20.1 Å². The zero-order valence-corrected chi connectivity index (χ0v) is 44.2. The average molecular weight is 970 g/mol. The molecule has 2 atom stereocenters. The maximum atomic E-state index is 12.6. The summed E-state index contributed by atoms with van der Waals surface area (Å²) in [7, 11) is -4.37. The predicted molar refractivity (Wildman–Crippen MR) is 288 cm³/mol. The van der Waals surface area contributed by atoms with Gasteiger partial charge in [-0.05, 0) is 77.0 Å². The van der Waals surface area contributed by atoms with Crippen molar-refractivity contribution in [2.75, 3.05) is 26.4 Å². The summed E-state index contributed by atoms with van der Waals surface area (Å²) in [5.41, 5.74) is 5.34. The van der Waals surface area contributed by atoms with Crippen LogP contribution in [0.2, 0.25) is 0 Å². The van der Waals surface area contributed by atoms with Gasteiger partial charge in [0.25, 0.3) is 0 Å². The minimum Gasteiger partial charge on any atom is -0.462 e. The molecule has 0 aromatic rings. The Kier molecular flexibility index (Phi) is 50.9. The number of phosphoric ester groups is 1. The molecule has 0 aliphatic rings. The van der Waals surface area contributed by atoms with E-state index in [2.05, 4.69) is 111 Å². The number of hydrogen-bond donors (Lipinski definition) is 2. The summed E-state index contributed by atoms with van der Waals surface area (Å²) < 4.78 is 32.7. The van der Waals surface area contributed by atoms with Crippen molar-refractivity contribution in [3.63, 3.8) is 0 Å². The van der Waals surface area contributed by atoms with E-state index in [9.17, 15) is 19.0 Å². The largest absolute Gasteiger partial charge is 0.472 e. The van der Waals surface area contributed by atoms with Crippen LogP contribution >= 0.6 is 7.82 Å². The lowest BCUT2D eigenvalue weighted by atomic mass is 10.0. The molecule has 0 heterocycles. The predicted octanol–water partition coefficient (Wildman–Crippen LogP) is 16.9.